The number of carboxylic acids is 1. The first-order valence-electron chi connectivity index (χ1n) is 4.30. The second-order valence-corrected chi connectivity index (χ2v) is 2.55. The lowest BCUT2D eigenvalue weighted by molar-refractivity contribution is -0.137. The Morgan fingerprint density at radius 3 is 2.58 bits per heavy atom. The lowest BCUT2D eigenvalue weighted by Crippen LogP contribution is -1.92. The van der Waals surface area contributed by atoms with Crippen LogP contribution in [0.5, 0.6) is 0 Å². The van der Waals surface area contributed by atoms with E-state index in [9.17, 15) is 4.79 Å². The minimum atomic E-state index is -0.715. The fraction of sp³-hybridized carbons (Fsp3) is 0.500. The Morgan fingerprint density at radius 1 is 1.33 bits per heavy atom. The summed E-state index contributed by atoms with van der Waals surface area (Å²) in [6.07, 6.45) is 10.9. The highest BCUT2D eigenvalue weighted by Crippen LogP contribution is 1.96. The maximum absolute atomic E-state index is 10.1. The van der Waals surface area contributed by atoms with Crippen molar-refractivity contribution in [2.45, 2.75) is 32.6 Å². The monoisotopic (exact) mass is 168 g/mol. The average Bonchev–Trinajstić information content (AvgIpc) is 2.02. The van der Waals surface area contributed by atoms with E-state index in [1.54, 1.807) is 0 Å². The molecule has 0 aliphatic rings. The van der Waals surface area contributed by atoms with Gasteiger partial charge in [0.2, 0.25) is 0 Å². The summed E-state index contributed by atoms with van der Waals surface area (Å²) in [6.45, 7) is 2.08. The van der Waals surface area contributed by atoms with Gasteiger partial charge in [-0.25, -0.2) is 0 Å². The molecule has 0 aliphatic heterocycles. The fourth-order valence-corrected chi connectivity index (χ4v) is 0.761. The molecule has 0 aromatic rings. The number of unbranched alkanes of at least 4 members (excludes halogenated alkanes) is 1. The zero-order valence-corrected chi connectivity index (χ0v) is 7.49. The maximum atomic E-state index is 10.1. The Bertz CT molecular complexity index is 169. The Labute approximate surface area is 73.6 Å². The topological polar surface area (TPSA) is 37.3 Å². The molecule has 0 rings (SSSR count). The lowest BCUT2D eigenvalue weighted by Gasteiger charge is -1.88. The first kappa shape index (κ1) is 11.0. The highest BCUT2D eigenvalue weighted by molar-refractivity contribution is 5.66. The van der Waals surface area contributed by atoms with Crippen molar-refractivity contribution in [1.29, 1.82) is 0 Å². The Morgan fingerprint density at radius 2 is 2.00 bits per heavy atom. The quantitative estimate of drug-likeness (QED) is 0.489. The molecule has 12 heavy (non-hydrogen) atoms. The smallest absolute Gasteiger partial charge is 0.303 e. The molecule has 0 aromatic heterocycles. The van der Waals surface area contributed by atoms with E-state index in [4.69, 9.17) is 5.11 Å². The van der Waals surface area contributed by atoms with Crippen molar-refractivity contribution in [3.05, 3.63) is 24.3 Å². The summed E-state index contributed by atoms with van der Waals surface area (Å²) in [5, 5.41) is 8.32. The molecule has 0 radical (unpaired) electrons. The zero-order chi connectivity index (χ0) is 9.23. The van der Waals surface area contributed by atoms with Gasteiger partial charge in [0.05, 0.1) is 0 Å². The van der Waals surface area contributed by atoms with Crippen LogP contribution in [0.2, 0.25) is 0 Å². The van der Waals surface area contributed by atoms with Gasteiger partial charge in [0.15, 0.2) is 0 Å². The van der Waals surface area contributed by atoms with Gasteiger partial charge in [0.1, 0.15) is 0 Å². The largest absolute Gasteiger partial charge is 0.481 e. The highest BCUT2D eigenvalue weighted by Gasteiger charge is 1.92. The molecule has 0 saturated heterocycles. The van der Waals surface area contributed by atoms with Crippen molar-refractivity contribution in [1.82, 2.24) is 0 Å². The van der Waals surface area contributed by atoms with Crippen molar-refractivity contribution in [3.8, 4) is 0 Å². The number of allylic oxidation sites excluding steroid dienone is 4. The summed E-state index contributed by atoms with van der Waals surface area (Å²) in [5.41, 5.74) is 0. The minimum absolute atomic E-state index is 0.266. The predicted octanol–water partition coefficient (Wildman–Crippen LogP) is 2.76. The van der Waals surface area contributed by atoms with Gasteiger partial charge >= 0.3 is 5.97 Å². The van der Waals surface area contributed by atoms with Gasteiger partial charge < -0.3 is 5.11 Å². The summed E-state index contributed by atoms with van der Waals surface area (Å²) in [5.74, 6) is -0.715. The fourth-order valence-electron chi connectivity index (χ4n) is 0.761. The van der Waals surface area contributed by atoms with Crippen LogP contribution in [-0.2, 0) is 4.79 Å². The van der Waals surface area contributed by atoms with Crippen molar-refractivity contribution in [2.75, 3.05) is 0 Å². The van der Waals surface area contributed by atoms with Crippen molar-refractivity contribution in [2.24, 2.45) is 0 Å². The average molecular weight is 168 g/mol. The summed E-state index contributed by atoms with van der Waals surface area (Å²) < 4.78 is 0. The SMILES string of the molecule is CCC=CC=CCCCC(=O)O. The van der Waals surface area contributed by atoms with Gasteiger partial charge in [-0.15, -0.1) is 0 Å². The van der Waals surface area contributed by atoms with Crippen LogP contribution >= 0.6 is 0 Å². The molecule has 1 N–H and O–H groups in total. The summed E-state index contributed by atoms with van der Waals surface area (Å²) in [7, 11) is 0. The molecule has 0 saturated carbocycles. The van der Waals surface area contributed by atoms with E-state index in [1.807, 2.05) is 18.2 Å². The van der Waals surface area contributed by atoms with Crippen LogP contribution in [-0.4, -0.2) is 11.1 Å². The van der Waals surface area contributed by atoms with Gasteiger partial charge in [-0.1, -0.05) is 31.2 Å². The predicted molar refractivity (Wildman–Crippen MR) is 50.1 cm³/mol. The van der Waals surface area contributed by atoms with Gasteiger partial charge in [-0.3, -0.25) is 4.79 Å². The van der Waals surface area contributed by atoms with Crippen LogP contribution in [0.3, 0.4) is 0 Å². The maximum Gasteiger partial charge on any atom is 0.303 e. The molecule has 0 heterocycles. The van der Waals surface area contributed by atoms with Crippen LogP contribution in [0.1, 0.15) is 32.6 Å². The molecule has 2 nitrogen and oxygen atoms in total. The zero-order valence-electron chi connectivity index (χ0n) is 7.49. The molecule has 0 aliphatic carbocycles. The highest BCUT2D eigenvalue weighted by atomic mass is 16.4. The lowest BCUT2D eigenvalue weighted by atomic mass is 10.2. The second kappa shape index (κ2) is 8.05. The third kappa shape index (κ3) is 8.95. The molecule has 0 spiro atoms. The molecule has 0 amide bonds. The summed E-state index contributed by atoms with van der Waals surface area (Å²) in [6, 6.07) is 0. The van der Waals surface area contributed by atoms with Crippen LogP contribution < -0.4 is 0 Å². The minimum Gasteiger partial charge on any atom is -0.481 e. The van der Waals surface area contributed by atoms with Crippen LogP contribution in [0.25, 0.3) is 0 Å². The molecule has 0 fully saturated rings. The molecule has 0 unspecified atom stereocenters. The van der Waals surface area contributed by atoms with E-state index in [2.05, 4.69) is 13.0 Å². The van der Waals surface area contributed by atoms with Crippen LogP contribution in [0, 0.1) is 0 Å². The molecular formula is C10H16O2. The normalized spacial score (nSPS) is 11.4. The van der Waals surface area contributed by atoms with Gasteiger partial charge in [-0.2, -0.15) is 0 Å². The standard InChI is InChI=1S/C10H16O2/c1-2-3-4-5-6-7-8-9-10(11)12/h3-6H,2,7-9H2,1H3,(H,11,12). The van der Waals surface area contributed by atoms with Crippen molar-refractivity contribution in [3.63, 3.8) is 0 Å². The molecule has 0 atom stereocenters. The van der Waals surface area contributed by atoms with E-state index in [0.29, 0.717) is 0 Å². The van der Waals surface area contributed by atoms with Crippen molar-refractivity contribution < 1.29 is 9.90 Å². The first-order chi connectivity index (χ1) is 5.77. The molecular weight excluding hydrogens is 152 g/mol. The van der Waals surface area contributed by atoms with E-state index >= 15 is 0 Å². The van der Waals surface area contributed by atoms with E-state index in [1.165, 1.54) is 0 Å². The molecule has 0 bridgehead atoms. The Kier molecular flexibility index (Phi) is 7.35. The van der Waals surface area contributed by atoms with E-state index in [-0.39, 0.29) is 6.42 Å². The number of carbonyl (C=O) groups is 1. The number of rotatable bonds is 6. The Balaban J connectivity index is 3.24. The van der Waals surface area contributed by atoms with Gasteiger partial charge in [0, 0.05) is 6.42 Å². The summed E-state index contributed by atoms with van der Waals surface area (Å²) in [4.78, 5) is 10.1. The van der Waals surface area contributed by atoms with Crippen LogP contribution in [0.15, 0.2) is 24.3 Å². The van der Waals surface area contributed by atoms with Crippen LogP contribution in [0.4, 0.5) is 0 Å². The molecule has 2 heteroatoms. The second-order valence-electron chi connectivity index (χ2n) is 2.55. The number of carboxylic acid groups (broad SMARTS) is 1. The number of aliphatic carboxylic acids is 1. The first-order valence-corrected chi connectivity index (χ1v) is 4.30. The number of hydrogen-bond donors (Lipinski definition) is 1. The third-order valence-electron chi connectivity index (χ3n) is 1.38. The van der Waals surface area contributed by atoms with Gasteiger partial charge in [-0.05, 0) is 19.3 Å². The van der Waals surface area contributed by atoms with E-state index < -0.39 is 5.97 Å². The summed E-state index contributed by atoms with van der Waals surface area (Å²) >= 11 is 0. The van der Waals surface area contributed by atoms with Gasteiger partial charge in [0.25, 0.3) is 0 Å². The Hall–Kier alpha value is -1.05. The molecule has 0 aromatic carbocycles. The van der Waals surface area contributed by atoms with E-state index in [0.717, 1.165) is 19.3 Å². The number of hydrogen-bond acceptors (Lipinski definition) is 1. The third-order valence-corrected chi connectivity index (χ3v) is 1.38. The molecule has 68 valence electrons. The van der Waals surface area contributed by atoms with Crippen molar-refractivity contribution >= 4 is 5.97 Å².